The monoisotopic (exact) mass is 96.0 g/mol. The first kappa shape index (κ1) is 4.24. The Morgan fingerprint density at radius 1 is 1.71 bits per heavy atom. The topological polar surface area (TPSA) is 20.1 Å². The Morgan fingerprint density at radius 3 is 2.57 bits per heavy atom. The van der Waals surface area contributed by atoms with Crippen LogP contribution in [0.4, 0.5) is 0 Å². The van der Waals surface area contributed by atoms with Gasteiger partial charge in [0, 0.05) is 6.08 Å². The van der Waals surface area contributed by atoms with Gasteiger partial charge in [-0.25, -0.2) is 4.79 Å². The van der Waals surface area contributed by atoms with Crippen LogP contribution in [0.15, 0.2) is 12.2 Å². The van der Waals surface area contributed by atoms with Gasteiger partial charge in [-0.2, -0.15) is 4.58 Å². The van der Waals surface area contributed by atoms with Gasteiger partial charge in [0.15, 0.2) is 6.21 Å². The van der Waals surface area contributed by atoms with Crippen molar-refractivity contribution in [2.75, 3.05) is 7.05 Å². The van der Waals surface area contributed by atoms with Crippen LogP contribution >= 0.6 is 0 Å². The molecule has 0 saturated carbocycles. The number of nitrogens with zero attached hydrogens (tertiary/aromatic N) is 1. The molecule has 36 valence electrons. The lowest BCUT2D eigenvalue weighted by Crippen LogP contribution is -2.08. The summed E-state index contributed by atoms with van der Waals surface area (Å²) in [5, 5.41) is 0. The lowest BCUT2D eigenvalue weighted by Gasteiger charge is -1.74. The van der Waals surface area contributed by atoms with Crippen molar-refractivity contribution >= 4 is 12.1 Å². The van der Waals surface area contributed by atoms with Crippen molar-refractivity contribution in [2.45, 2.75) is 0 Å². The van der Waals surface area contributed by atoms with E-state index in [0.717, 1.165) is 0 Å². The SMILES string of the molecule is C[N+]1=CC=CC1=O. The second-order valence-electron chi connectivity index (χ2n) is 1.46. The highest BCUT2D eigenvalue weighted by Gasteiger charge is 2.09. The van der Waals surface area contributed by atoms with E-state index < -0.39 is 0 Å². The van der Waals surface area contributed by atoms with E-state index in [1.807, 2.05) is 0 Å². The molecule has 0 radical (unpaired) electrons. The molecule has 0 atom stereocenters. The fourth-order valence-corrected chi connectivity index (χ4v) is 0.445. The van der Waals surface area contributed by atoms with Crippen molar-refractivity contribution in [3.05, 3.63) is 12.2 Å². The summed E-state index contributed by atoms with van der Waals surface area (Å²) in [6, 6.07) is 0. The minimum atomic E-state index is 0.0556. The first-order valence-corrected chi connectivity index (χ1v) is 2.09. The normalized spacial score (nSPS) is 17.9. The van der Waals surface area contributed by atoms with Gasteiger partial charge in [-0.3, -0.25) is 0 Å². The molecule has 1 amide bonds. The Kier molecular flexibility index (Phi) is 0.785. The molecule has 0 N–H and O–H groups in total. The summed E-state index contributed by atoms with van der Waals surface area (Å²) in [5.41, 5.74) is 0. The number of hydrogen-bond donors (Lipinski definition) is 0. The smallest absolute Gasteiger partial charge is 0.215 e. The van der Waals surface area contributed by atoms with Crippen molar-refractivity contribution < 1.29 is 9.37 Å². The van der Waals surface area contributed by atoms with Crippen molar-refractivity contribution in [3.8, 4) is 0 Å². The zero-order valence-electron chi connectivity index (χ0n) is 4.09. The second-order valence-corrected chi connectivity index (χ2v) is 1.46. The van der Waals surface area contributed by atoms with Gasteiger partial charge in [-0.05, 0) is 0 Å². The molecule has 1 heterocycles. The molecule has 0 aromatic heterocycles. The van der Waals surface area contributed by atoms with E-state index in [2.05, 4.69) is 0 Å². The molecule has 7 heavy (non-hydrogen) atoms. The fraction of sp³-hybridized carbons (Fsp3) is 0.200. The van der Waals surface area contributed by atoms with Gasteiger partial charge in [0.25, 0.3) is 0 Å². The number of carbonyl (C=O) groups is 1. The van der Waals surface area contributed by atoms with Crippen molar-refractivity contribution in [3.63, 3.8) is 0 Å². The summed E-state index contributed by atoms with van der Waals surface area (Å²) in [4.78, 5) is 10.4. The van der Waals surface area contributed by atoms with Crippen molar-refractivity contribution in [1.29, 1.82) is 0 Å². The third-order valence-electron chi connectivity index (χ3n) is 0.896. The van der Waals surface area contributed by atoms with Crippen LogP contribution < -0.4 is 0 Å². The standard InChI is InChI=1S/C5H6NO/c1-6-4-2-3-5(6)7/h2-4H,1H3/q+1. The molecule has 0 fully saturated rings. The van der Waals surface area contributed by atoms with Gasteiger partial charge in [-0.15, -0.1) is 0 Å². The molecule has 0 aromatic carbocycles. The van der Waals surface area contributed by atoms with E-state index in [-0.39, 0.29) is 5.91 Å². The molecular formula is C5H6NO+. The first-order valence-electron chi connectivity index (χ1n) is 2.09. The van der Waals surface area contributed by atoms with Crippen LogP contribution in [-0.2, 0) is 4.79 Å². The van der Waals surface area contributed by atoms with Gasteiger partial charge in [0.05, 0.1) is 6.08 Å². The lowest BCUT2D eigenvalue weighted by atomic mass is 10.6. The zero-order chi connectivity index (χ0) is 5.28. The molecule has 2 nitrogen and oxygen atoms in total. The third kappa shape index (κ3) is 0.585. The number of allylic oxidation sites excluding steroid dienone is 1. The molecule has 0 aromatic rings. The second kappa shape index (κ2) is 1.30. The molecule has 0 unspecified atom stereocenters. The minimum Gasteiger partial charge on any atom is -0.215 e. The molecular weight excluding hydrogens is 90.1 g/mol. The van der Waals surface area contributed by atoms with E-state index in [0.29, 0.717) is 0 Å². The highest BCUT2D eigenvalue weighted by Crippen LogP contribution is 1.82. The molecule has 0 spiro atoms. The quantitative estimate of drug-likeness (QED) is 0.382. The van der Waals surface area contributed by atoms with Gasteiger partial charge >= 0.3 is 5.91 Å². The molecule has 1 rings (SSSR count). The van der Waals surface area contributed by atoms with Gasteiger partial charge < -0.3 is 0 Å². The maximum atomic E-state index is 10.4. The minimum absolute atomic E-state index is 0.0556. The molecule has 2 heteroatoms. The van der Waals surface area contributed by atoms with Gasteiger partial charge in [-0.1, -0.05) is 0 Å². The molecule has 1 aliphatic rings. The van der Waals surface area contributed by atoms with E-state index in [1.165, 1.54) is 10.7 Å². The predicted molar refractivity (Wildman–Crippen MR) is 26.4 cm³/mol. The van der Waals surface area contributed by atoms with E-state index in [1.54, 1.807) is 19.3 Å². The fourth-order valence-electron chi connectivity index (χ4n) is 0.445. The molecule has 0 bridgehead atoms. The van der Waals surface area contributed by atoms with Crippen LogP contribution in [0.25, 0.3) is 0 Å². The average molecular weight is 96.1 g/mol. The Morgan fingerprint density at radius 2 is 2.43 bits per heavy atom. The zero-order valence-corrected chi connectivity index (χ0v) is 4.09. The highest BCUT2D eigenvalue weighted by atomic mass is 16.2. The molecule has 0 saturated heterocycles. The van der Waals surface area contributed by atoms with E-state index >= 15 is 0 Å². The Labute approximate surface area is 41.8 Å². The van der Waals surface area contributed by atoms with Gasteiger partial charge in [0.1, 0.15) is 7.05 Å². The van der Waals surface area contributed by atoms with Crippen LogP contribution in [0.3, 0.4) is 0 Å². The Hall–Kier alpha value is -0.920. The maximum absolute atomic E-state index is 10.4. The van der Waals surface area contributed by atoms with Crippen molar-refractivity contribution in [1.82, 2.24) is 0 Å². The van der Waals surface area contributed by atoms with Crippen LogP contribution in [0.5, 0.6) is 0 Å². The number of carbonyl (C=O) groups excluding carboxylic acids is 1. The summed E-state index contributed by atoms with van der Waals surface area (Å²) in [7, 11) is 1.72. The van der Waals surface area contributed by atoms with Crippen LogP contribution in [0.2, 0.25) is 0 Å². The van der Waals surface area contributed by atoms with E-state index in [4.69, 9.17) is 0 Å². The maximum Gasteiger partial charge on any atom is 0.412 e. The van der Waals surface area contributed by atoms with Crippen LogP contribution in [0, 0.1) is 0 Å². The molecule has 0 aliphatic carbocycles. The average Bonchev–Trinajstić information content (AvgIpc) is 1.91. The van der Waals surface area contributed by atoms with Crippen LogP contribution in [0.1, 0.15) is 0 Å². The van der Waals surface area contributed by atoms with Crippen LogP contribution in [-0.4, -0.2) is 23.7 Å². The third-order valence-corrected chi connectivity index (χ3v) is 0.896. The summed E-state index contributed by atoms with van der Waals surface area (Å²) >= 11 is 0. The summed E-state index contributed by atoms with van der Waals surface area (Å²) in [5.74, 6) is 0.0556. The van der Waals surface area contributed by atoms with E-state index in [9.17, 15) is 4.79 Å². The summed E-state index contributed by atoms with van der Waals surface area (Å²) in [6.45, 7) is 0. The predicted octanol–water partition coefficient (Wildman–Crippen LogP) is -0.204. The van der Waals surface area contributed by atoms with Crippen molar-refractivity contribution in [2.24, 2.45) is 0 Å². The largest absolute Gasteiger partial charge is 0.412 e. The number of likely N-dealkylation sites (N-methyl/N-ethyl adjacent to an activating group) is 1. The lowest BCUT2D eigenvalue weighted by molar-refractivity contribution is -0.405. The summed E-state index contributed by atoms with van der Waals surface area (Å²) < 4.78 is 1.53. The molecule has 1 aliphatic heterocycles. The highest BCUT2D eigenvalue weighted by molar-refractivity contribution is 5.93. The Bertz CT molecular complexity index is 155. The summed E-state index contributed by atoms with van der Waals surface area (Å²) in [6.07, 6.45) is 4.98. The number of hydrogen-bond acceptors (Lipinski definition) is 1. The van der Waals surface area contributed by atoms with Gasteiger partial charge in [0.2, 0.25) is 0 Å². The Balaban J connectivity index is 2.89. The number of rotatable bonds is 0. The first-order chi connectivity index (χ1) is 3.30. The number of amides is 1.